The first-order valence-corrected chi connectivity index (χ1v) is 5.69. The standard InChI is InChI=1S/C11H18N4O3/c1-3-18-8(2)7-13-9-5-4-6-10(14-12)11(9)15(16)17/h4-6,8,13-14H,3,7,12H2,1-2H3. The van der Waals surface area contributed by atoms with Crippen LogP contribution in [-0.4, -0.2) is 24.2 Å². The average molecular weight is 254 g/mol. The van der Waals surface area contributed by atoms with Crippen molar-refractivity contribution in [3.05, 3.63) is 28.3 Å². The van der Waals surface area contributed by atoms with Gasteiger partial charge in [0.2, 0.25) is 0 Å². The van der Waals surface area contributed by atoms with Crippen molar-refractivity contribution in [3.8, 4) is 0 Å². The largest absolute Gasteiger partial charge is 0.377 e. The van der Waals surface area contributed by atoms with Gasteiger partial charge in [0.25, 0.3) is 0 Å². The van der Waals surface area contributed by atoms with E-state index in [1.54, 1.807) is 18.2 Å². The van der Waals surface area contributed by atoms with E-state index < -0.39 is 4.92 Å². The monoisotopic (exact) mass is 254 g/mol. The first-order valence-electron chi connectivity index (χ1n) is 5.69. The molecule has 4 N–H and O–H groups in total. The summed E-state index contributed by atoms with van der Waals surface area (Å²) in [5.41, 5.74) is 2.94. The Bertz CT molecular complexity index is 411. The Hall–Kier alpha value is -1.86. The summed E-state index contributed by atoms with van der Waals surface area (Å²) in [6, 6.07) is 4.88. The van der Waals surface area contributed by atoms with Gasteiger partial charge in [-0.2, -0.15) is 0 Å². The molecule has 0 heterocycles. The normalized spacial score (nSPS) is 11.9. The summed E-state index contributed by atoms with van der Waals surface area (Å²) >= 11 is 0. The van der Waals surface area contributed by atoms with Crippen LogP contribution >= 0.6 is 0 Å². The van der Waals surface area contributed by atoms with Gasteiger partial charge >= 0.3 is 5.69 Å². The summed E-state index contributed by atoms with van der Waals surface area (Å²) in [6.07, 6.45) is -0.0240. The van der Waals surface area contributed by atoms with Gasteiger partial charge < -0.3 is 15.5 Å². The Labute approximate surface area is 105 Å². The molecule has 0 saturated heterocycles. The fraction of sp³-hybridized carbons (Fsp3) is 0.455. The molecule has 0 amide bonds. The molecule has 0 radical (unpaired) electrons. The highest BCUT2D eigenvalue weighted by Gasteiger charge is 2.19. The lowest BCUT2D eigenvalue weighted by molar-refractivity contribution is -0.383. The molecule has 18 heavy (non-hydrogen) atoms. The molecule has 7 nitrogen and oxygen atoms in total. The van der Waals surface area contributed by atoms with E-state index in [-0.39, 0.29) is 17.5 Å². The van der Waals surface area contributed by atoms with Crippen molar-refractivity contribution < 1.29 is 9.66 Å². The average Bonchev–Trinajstić information content (AvgIpc) is 2.35. The molecule has 0 aliphatic rings. The van der Waals surface area contributed by atoms with Crippen LogP contribution in [0.2, 0.25) is 0 Å². The third-order valence-corrected chi connectivity index (χ3v) is 2.41. The molecule has 0 aromatic heterocycles. The van der Waals surface area contributed by atoms with Crippen molar-refractivity contribution in [1.82, 2.24) is 0 Å². The Morgan fingerprint density at radius 1 is 1.50 bits per heavy atom. The summed E-state index contributed by atoms with van der Waals surface area (Å²) in [4.78, 5) is 10.5. The van der Waals surface area contributed by atoms with Crippen LogP contribution in [0, 0.1) is 10.1 Å². The Kier molecular flexibility index (Phi) is 5.34. The van der Waals surface area contributed by atoms with Crippen LogP contribution in [-0.2, 0) is 4.74 Å². The number of nitro benzene ring substituents is 1. The maximum absolute atomic E-state index is 11.0. The smallest absolute Gasteiger partial charge is 0.316 e. The van der Waals surface area contributed by atoms with Crippen LogP contribution < -0.4 is 16.6 Å². The van der Waals surface area contributed by atoms with Gasteiger partial charge in [0.1, 0.15) is 11.4 Å². The number of nitrogens with one attached hydrogen (secondary N) is 2. The van der Waals surface area contributed by atoms with Gasteiger partial charge in [0.05, 0.1) is 11.0 Å². The van der Waals surface area contributed by atoms with Gasteiger partial charge in [-0.05, 0) is 26.0 Å². The van der Waals surface area contributed by atoms with E-state index in [9.17, 15) is 10.1 Å². The number of hydrazine groups is 1. The van der Waals surface area contributed by atoms with E-state index in [0.717, 1.165) is 0 Å². The molecule has 1 unspecified atom stereocenters. The number of rotatable bonds is 7. The second-order valence-corrected chi connectivity index (χ2v) is 3.75. The van der Waals surface area contributed by atoms with Gasteiger partial charge in [-0.3, -0.25) is 16.0 Å². The number of benzene rings is 1. The van der Waals surface area contributed by atoms with Crippen LogP contribution in [0.15, 0.2) is 18.2 Å². The summed E-state index contributed by atoms with van der Waals surface area (Å²) in [7, 11) is 0. The molecule has 0 aliphatic carbocycles. The van der Waals surface area contributed by atoms with E-state index in [4.69, 9.17) is 10.6 Å². The molecule has 1 atom stereocenters. The van der Waals surface area contributed by atoms with E-state index in [1.807, 2.05) is 13.8 Å². The van der Waals surface area contributed by atoms with Crippen LogP contribution in [0.5, 0.6) is 0 Å². The lowest BCUT2D eigenvalue weighted by Gasteiger charge is -2.14. The molecule has 1 aromatic carbocycles. The number of anilines is 2. The third-order valence-electron chi connectivity index (χ3n) is 2.41. The molecule has 1 rings (SSSR count). The van der Waals surface area contributed by atoms with Crippen LogP contribution in [0.3, 0.4) is 0 Å². The second kappa shape index (κ2) is 6.77. The van der Waals surface area contributed by atoms with Crippen LogP contribution in [0.1, 0.15) is 13.8 Å². The van der Waals surface area contributed by atoms with Crippen LogP contribution in [0.4, 0.5) is 17.1 Å². The molecule has 0 spiro atoms. The van der Waals surface area contributed by atoms with Crippen molar-refractivity contribution in [3.63, 3.8) is 0 Å². The lowest BCUT2D eigenvalue weighted by atomic mass is 10.2. The number of nitrogen functional groups attached to an aromatic ring is 1. The number of ether oxygens (including phenoxy) is 1. The number of hydrogen-bond acceptors (Lipinski definition) is 6. The molecular weight excluding hydrogens is 236 g/mol. The fourth-order valence-corrected chi connectivity index (χ4v) is 1.60. The highest BCUT2D eigenvalue weighted by atomic mass is 16.6. The zero-order valence-electron chi connectivity index (χ0n) is 10.5. The van der Waals surface area contributed by atoms with Crippen molar-refractivity contribution in [1.29, 1.82) is 0 Å². The molecule has 0 bridgehead atoms. The molecule has 0 aliphatic heterocycles. The van der Waals surface area contributed by atoms with Crippen molar-refractivity contribution in [2.75, 3.05) is 23.9 Å². The minimum absolute atomic E-state index is 0.0240. The quantitative estimate of drug-likeness (QED) is 0.389. The molecular formula is C11H18N4O3. The zero-order valence-corrected chi connectivity index (χ0v) is 10.5. The molecule has 0 saturated carbocycles. The maximum atomic E-state index is 11.0. The summed E-state index contributed by atoms with van der Waals surface area (Å²) in [5, 5.41) is 14.0. The predicted octanol–water partition coefficient (Wildman–Crippen LogP) is 1.72. The minimum atomic E-state index is -0.469. The Morgan fingerprint density at radius 2 is 2.17 bits per heavy atom. The Balaban J connectivity index is 2.85. The molecule has 1 aromatic rings. The minimum Gasteiger partial charge on any atom is -0.377 e. The van der Waals surface area contributed by atoms with E-state index in [1.165, 1.54) is 0 Å². The first-order chi connectivity index (χ1) is 8.60. The SMILES string of the molecule is CCOC(C)CNc1cccc(NN)c1[N+](=O)[O-]. The van der Waals surface area contributed by atoms with Gasteiger partial charge in [0.15, 0.2) is 0 Å². The highest BCUT2D eigenvalue weighted by Crippen LogP contribution is 2.31. The number of hydrogen-bond donors (Lipinski definition) is 3. The van der Waals surface area contributed by atoms with E-state index >= 15 is 0 Å². The van der Waals surface area contributed by atoms with Crippen LogP contribution in [0.25, 0.3) is 0 Å². The maximum Gasteiger partial charge on any atom is 0.316 e. The van der Waals surface area contributed by atoms with Gasteiger partial charge in [-0.15, -0.1) is 0 Å². The Morgan fingerprint density at radius 3 is 2.72 bits per heavy atom. The molecule has 7 heteroatoms. The number of nitrogens with zero attached hydrogens (tertiary/aromatic N) is 1. The number of nitro groups is 1. The number of para-hydroxylation sites is 1. The zero-order chi connectivity index (χ0) is 13.5. The summed E-state index contributed by atoms with van der Waals surface area (Å²) in [6.45, 7) is 4.89. The van der Waals surface area contributed by atoms with E-state index in [0.29, 0.717) is 18.8 Å². The van der Waals surface area contributed by atoms with Gasteiger partial charge in [0, 0.05) is 13.2 Å². The van der Waals surface area contributed by atoms with E-state index in [2.05, 4.69) is 10.7 Å². The van der Waals surface area contributed by atoms with Crippen molar-refractivity contribution in [2.45, 2.75) is 20.0 Å². The third kappa shape index (κ3) is 3.57. The van der Waals surface area contributed by atoms with Crippen molar-refractivity contribution >= 4 is 17.1 Å². The number of nitrogens with two attached hydrogens (primary N) is 1. The fourth-order valence-electron chi connectivity index (χ4n) is 1.60. The molecule has 100 valence electrons. The highest BCUT2D eigenvalue weighted by molar-refractivity contribution is 5.75. The topological polar surface area (TPSA) is 102 Å². The lowest BCUT2D eigenvalue weighted by Crippen LogP contribution is -2.20. The first kappa shape index (κ1) is 14.2. The van der Waals surface area contributed by atoms with Gasteiger partial charge in [-0.1, -0.05) is 6.07 Å². The summed E-state index contributed by atoms with van der Waals surface area (Å²) in [5.74, 6) is 5.25. The predicted molar refractivity (Wildman–Crippen MR) is 70.5 cm³/mol. The van der Waals surface area contributed by atoms with Crippen molar-refractivity contribution in [2.24, 2.45) is 5.84 Å². The second-order valence-electron chi connectivity index (χ2n) is 3.75. The summed E-state index contributed by atoms with van der Waals surface area (Å²) < 4.78 is 5.35. The van der Waals surface area contributed by atoms with Gasteiger partial charge in [-0.25, -0.2) is 0 Å². The molecule has 0 fully saturated rings.